The summed E-state index contributed by atoms with van der Waals surface area (Å²) in [6.45, 7) is 18.2. The first kappa shape index (κ1) is 39.5. The van der Waals surface area contributed by atoms with Crippen molar-refractivity contribution >= 4 is 17.8 Å². The maximum absolute atomic E-state index is 12.0. The Morgan fingerprint density at radius 2 is 1.00 bits per heavy atom. The molecule has 3 saturated carbocycles. The van der Waals surface area contributed by atoms with E-state index in [0.717, 1.165) is 97.3 Å². The van der Waals surface area contributed by atoms with Gasteiger partial charge in [0.15, 0.2) is 0 Å². The summed E-state index contributed by atoms with van der Waals surface area (Å²) in [5.41, 5.74) is 0. The number of nitriles is 2. The molecule has 0 aromatic heterocycles. The summed E-state index contributed by atoms with van der Waals surface area (Å²) >= 11 is 0. The van der Waals surface area contributed by atoms with Gasteiger partial charge in [0.25, 0.3) is 5.97 Å². The van der Waals surface area contributed by atoms with Crippen LogP contribution in [0.3, 0.4) is 0 Å². The lowest BCUT2D eigenvalue weighted by Crippen LogP contribution is -2.37. The Morgan fingerprint density at radius 3 is 1.25 bits per heavy atom. The highest BCUT2D eigenvalue weighted by Crippen LogP contribution is 2.33. The molecular formula is C32H58N4O4. The molecule has 3 fully saturated rings. The fourth-order valence-corrected chi connectivity index (χ4v) is 5.02. The lowest BCUT2D eigenvalue weighted by Gasteiger charge is -2.30. The second-order valence-corrected chi connectivity index (χ2v) is 10.4. The SMILES string of the molecule is CC.CC.CC(=O)O.CCN(CC1CCC(C#N)CC1)C(=O)C1CC1.CCN(CC1CCC(C#N)CC1)C(C)=O. The standard InChI is InChI=1S/C14H22N2O.C12H20N2O.C2H4O2.2C2H6/c1-2-16(14(17)13-7-8-13)10-12-5-3-11(9-15)4-6-12;1-3-14(10(2)15)9-12-6-4-11(8-13)5-7-12;1-2(3)4;2*1-2/h11-13H,2-8,10H2,1H3;11-12H,3-7,9H2,1-2H3;1H3,(H,3,4);2*1-2H3. The maximum atomic E-state index is 12.0. The molecule has 0 aromatic rings. The number of hydrogen-bond acceptors (Lipinski definition) is 5. The van der Waals surface area contributed by atoms with Gasteiger partial charge in [-0.05, 0) is 89.9 Å². The Kier molecular flexibility index (Phi) is 23.9. The Balaban J connectivity index is 0. The van der Waals surface area contributed by atoms with E-state index in [4.69, 9.17) is 20.4 Å². The molecule has 0 spiro atoms. The normalized spacial score (nSPS) is 22.6. The molecule has 40 heavy (non-hydrogen) atoms. The first-order chi connectivity index (χ1) is 19.1. The molecule has 8 heteroatoms. The zero-order valence-corrected chi connectivity index (χ0v) is 26.7. The highest BCUT2D eigenvalue weighted by Gasteiger charge is 2.34. The van der Waals surface area contributed by atoms with Crippen molar-refractivity contribution in [1.29, 1.82) is 10.5 Å². The Labute approximate surface area is 245 Å². The summed E-state index contributed by atoms with van der Waals surface area (Å²) in [6.07, 6.45) is 10.7. The highest BCUT2D eigenvalue weighted by atomic mass is 16.4. The van der Waals surface area contributed by atoms with Gasteiger partial charge in [0.05, 0.1) is 12.1 Å². The van der Waals surface area contributed by atoms with Crippen LogP contribution in [0, 0.1) is 52.3 Å². The third-order valence-corrected chi connectivity index (χ3v) is 7.46. The van der Waals surface area contributed by atoms with Crippen LogP contribution in [0.2, 0.25) is 0 Å². The van der Waals surface area contributed by atoms with Crippen LogP contribution in [-0.2, 0) is 14.4 Å². The Morgan fingerprint density at radius 1 is 0.675 bits per heavy atom. The fraction of sp³-hybridized carbons (Fsp3) is 0.844. The zero-order chi connectivity index (χ0) is 31.1. The van der Waals surface area contributed by atoms with Crippen LogP contribution in [0.1, 0.15) is 120 Å². The molecule has 8 nitrogen and oxygen atoms in total. The van der Waals surface area contributed by atoms with Crippen molar-refractivity contribution < 1.29 is 19.5 Å². The monoisotopic (exact) mass is 562 g/mol. The molecule has 2 amide bonds. The van der Waals surface area contributed by atoms with Gasteiger partial charge in [0.1, 0.15) is 0 Å². The van der Waals surface area contributed by atoms with E-state index in [2.05, 4.69) is 19.1 Å². The van der Waals surface area contributed by atoms with Crippen LogP contribution < -0.4 is 0 Å². The summed E-state index contributed by atoms with van der Waals surface area (Å²) in [7, 11) is 0. The van der Waals surface area contributed by atoms with Crippen LogP contribution in [0.25, 0.3) is 0 Å². The molecule has 3 aliphatic rings. The molecule has 230 valence electrons. The number of aliphatic carboxylic acids is 1. The minimum Gasteiger partial charge on any atom is -0.481 e. The van der Waals surface area contributed by atoms with E-state index >= 15 is 0 Å². The number of carbonyl (C=O) groups is 3. The van der Waals surface area contributed by atoms with Crippen molar-refractivity contribution in [2.75, 3.05) is 26.2 Å². The second-order valence-electron chi connectivity index (χ2n) is 10.4. The molecule has 0 atom stereocenters. The van der Waals surface area contributed by atoms with Gasteiger partial charge in [-0.1, -0.05) is 27.7 Å². The van der Waals surface area contributed by atoms with Crippen molar-refractivity contribution in [3.63, 3.8) is 0 Å². The molecule has 0 radical (unpaired) electrons. The number of carboxylic acid groups (broad SMARTS) is 1. The number of carboxylic acids is 1. The van der Waals surface area contributed by atoms with E-state index in [0.29, 0.717) is 23.7 Å². The first-order valence-corrected chi connectivity index (χ1v) is 15.7. The second kappa shape index (κ2) is 24.2. The van der Waals surface area contributed by atoms with Crippen LogP contribution in [-0.4, -0.2) is 58.9 Å². The molecule has 0 bridgehead atoms. The fourth-order valence-electron chi connectivity index (χ4n) is 5.02. The minimum absolute atomic E-state index is 0.167. The third-order valence-electron chi connectivity index (χ3n) is 7.46. The van der Waals surface area contributed by atoms with Gasteiger partial charge in [-0.15, -0.1) is 0 Å². The van der Waals surface area contributed by atoms with E-state index in [1.807, 2.05) is 44.4 Å². The molecule has 3 aliphatic carbocycles. The molecule has 0 heterocycles. The summed E-state index contributed by atoms with van der Waals surface area (Å²) < 4.78 is 0. The van der Waals surface area contributed by atoms with Gasteiger partial charge >= 0.3 is 0 Å². The van der Waals surface area contributed by atoms with Crippen LogP contribution in [0.15, 0.2) is 0 Å². The lowest BCUT2D eigenvalue weighted by molar-refractivity contribution is -0.134. The zero-order valence-electron chi connectivity index (χ0n) is 26.7. The van der Waals surface area contributed by atoms with Gasteiger partial charge < -0.3 is 14.9 Å². The minimum atomic E-state index is -0.833. The highest BCUT2D eigenvalue weighted by molar-refractivity contribution is 5.81. The molecule has 0 unspecified atom stereocenters. The molecule has 0 saturated heterocycles. The molecular weight excluding hydrogens is 504 g/mol. The van der Waals surface area contributed by atoms with Gasteiger partial charge in [-0.2, -0.15) is 10.5 Å². The summed E-state index contributed by atoms with van der Waals surface area (Å²) in [5, 5.41) is 25.1. The van der Waals surface area contributed by atoms with E-state index in [1.54, 1.807) is 6.92 Å². The number of amides is 2. The van der Waals surface area contributed by atoms with Gasteiger partial charge in [0, 0.05) is 57.8 Å². The van der Waals surface area contributed by atoms with Crippen molar-refractivity contribution in [2.24, 2.45) is 29.6 Å². The van der Waals surface area contributed by atoms with E-state index in [1.165, 1.54) is 0 Å². The van der Waals surface area contributed by atoms with Crippen LogP contribution >= 0.6 is 0 Å². The number of carbonyl (C=O) groups excluding carboxylic acids is 2. The maximum Gasteiger partial charge on any atom is 0.300 e. The van der Waals surface area contributed by atoms with Crippen molar-refractivity contribution in [3.05, 3.63) is 0 Å². The van der Waals surface area contributed by atoms with Crippen LogP contribution in [0.4, 0.5) is 0 Å². The van der Waals surface area contributed by atoms with E-state index < -0.39 is 5.97 Å². The molecule has 0 aliphatic heterocycles. The predicted octanol–water partition coefficient (Wildman–Crippen LogP) is 6.90. The van der Waals surface area contributed by atoms with E-state index in [9.17, 15) is 9.59 Å². The smallest absolute Gasteiger partial charge is 0.300 e. The number of hydrogen-bond donors (Lipinski definition) is 1. The number of rotatable bonds is 7. The quantitative estimate of drug-likeness (QED) is 0.359. The Bertz CT molecular complexity index is 765. The first-order valence-electron chi connectivity index (χ1n) is 15.7. The summed E-state index contributed by atoms with van der Waals surface area (Å²) in [6, 6.07) is 4.70. The van der Waals surface area contributed by atoms with Gasteiger partial charge in [0.2, 0.25) is 11.8 Å². The lowest BCUT2D eigenvalue weighted by atomic mass is 9.82. The average Bonchev–Trinajstić information content (AvgIpc) is 3.83. The average molecular weight is 563 g/mol. The largest absolute Gasteiger partial charge is 0.481 e. The topological polar surface area (TPSA) is 126 Å². The van der Waals surface area contributed by atoms with Crippen LogP contribution in [0.5, 0.6) is 0 Å². The predicted molar refractivity (Wildman–Crippen MR) is 161 cm³/mol. The summed E-state index contributed by atoms with van der Waals surface area (Å²) in [5.74, 6) is 1.80. The number of nitrogens with zero attached hydrogens (tertiary/aromatic N) is 4. The molecule has 3 rings (SSSR count). The Hall–Kier alpha value is -2.61. The van der Waals surface area contributed by atoms with E-state index in [-0.39, 0.29) is 17.7 Å². The molecule has 0 aromatic carbocycles. The van der Waals surface area contributed by atoms with Gasteiger partial charge in [-0.3, -0.25) is 14.4 Å². The van der Waals surface area contributed by atoms with Gasteiger partial charge in [-0.25, -0.2) is 0 Å². The van der Waals surface area contributed by atoms with Crippen molar-refractivity contribution in [3.8, 4) is 12.1 Å². The summed E-state index contributed by atoms with van der Waals surface area (Å²) in [4.78, 5) is 36.2. The van der Waals surface area contributed by atoms with Crippen molar-refractivity contribution in [2.45, 2.75) is 120 Å². The van der Waals surface area contributed by atoms with Crippen molar-refractivity contribution in [1.82, 2.24) is 9.80 Å². The molecule has 1 N–H and O–H groups in total. The third kappa shape index (κ3) is 17.9.